The summed E-state index contributed by atoms with van der Waals surface area (Å²) in [4.78, 5) is 75.2. The van der Waals surface area contributed by atoms with E-state index >= 15 is 0 Å². The molecule has 2 atom stereocenters. The number of amides is 2. The molecule has 33 heavy (non-hydrogen) atoms. The molecule has 3 rings (SSSR count). The highest BCUT2D eigenvalue weighted by molar-refractivity contribution is 7.13. The Hall–Kier alpha value is -3.79. The highest BCUT2D eigenvalue weighted by Gasteiger charge is 2.64. The first kappa shape index (κ1) is 23.9. The van der Waals surface area contributed by atoms with Crippen molar-refractivity contribution in [3.8, 4) is 0 Å². The van der Waals surface area contributed by atoms with Crippen molar-refractivity contribution in [2.45, 2.75) is 31.0 Å². The lowest BCUT2D eigenvalue weighted by Gasteiger charge is -2.32. The number of nitrogens with one attached hydrogen (secondary N) is 1. The summed E-state index contributed by atoms with van der Waals surface area (Å²) in [5.74, 6) is -5.40. The van der Waals surface area contributed by atoms with Crippen LogP contribution in [-0.2, 0) is 43.1 Å². The number of rotatable bonds is 8. The van der Waals surface area contributed by atoms with Gasteiger partial charge in [0.15, 0.2) is 16.4 Å². The van der Waals surface area contributed by atoms with Gasteiger partial charge in [0.1, 0.15) is 26.0 Å². The fourth-order valence-corrected chi connectivity index (χ4v) is 3.67. The number of cyclic esters (lactones) is 1. The lowest BCUT2D eigenvalue weighted by molar-refractivity contribution is -0.256. The van der Waals surface area contributed by atoms with E-state index in [0.717, 1.165) is 18.3 Å². The second kappa shape index (κ2) is 8.99. The van der Waals surface area contributed by atoms with Crippen molar-refractivity contribution < 1.29 is 48.2 Å². The van der Waals surface area contributed by atoms with E-state index in [1.165, 1.54) is 12.5 Å². The third-order valence-corrected chi connectivity index (χ3v) is 5.36. The number of esters is 2. The first-order chi connectivity index (χ1) is 15.5. The maximum Gasteiger partial charge on any atom is 0.372 e. The number of thiazole rings is 1. The van der Waals surface area contributed by atoms with E-state index in [0.29, 0.717) is 5.06 Å². The SMILES string of the molecule is CO/N=C(\C(=O)N[C@@]1(COC(C)=O)CON(C2(C(=O)O)CCC(=O)O2)C1=O)c1csc(N)n1. The van der Waals surface area contributed by atoms with Gasteiger partial charge in [-0.15, -0.1) is 11.3 Å². The van der Waals surface area contributed by atoms with Gasteiger partial charge in [0.05, 0.1) is 6.42 Å². The van der Waals surface area contributed by atoms with Crippen LogP contribution in [-0.4, -0.2) is 82.2 Å². The molecule has 2 fully saturated rings. The Morgan fingerprint density at radius 1 is 1.42 bits per heavy atom. The number of carbonyl (C=O) groups excluding carboxylic acids is 4. The summed E-state index contributed by atoms with van der Waals surface area (Å²) >= 11 is 1.02. The molecule has 2 amide bonds. The van der Waals surface area contributed by atoms with Gasteiger partial charge in [-0.25, -0.2) is 9.78 Å². The molecule has 0 radical (unpaired) electrons. The predicted octanol–water partition coefficient (Wildman–Crippen LogP) is -1.61. The summed E-state index contributed by atoms with van der Waals surface area (Å²) < 4.78 is 9.84. The Bertz CT molecular complexity index is 1040. The monoisotopic (exact) mass is 485 g/mol. The molecule has 0 bridgehead atoms. The zero-order valence-corrected chi connectivity index (χ0v) is 18.2. The number of aliphatic carboxylic acids is 1. The second-order valence-electron chi connectivity index (χ2n) is 6.95. The number of aromatic nitrogens is 1. The molecule has 178 valence electrons. The molecule has 4 N–H and O–H groups in total. The Balaban J connectivity index is 1.95. The molecule has 0 saturated carbocycles. The molecule has 2 saturated heterocycles. The van der Waals surface area contributed by atoms with Crippen LogP contribution in [0.4, 0.5) is 5.13 Å². The van der Waals surface area contributed by atoms with E-state index in [2.05, 4.69) is 20.3 Å². The number of hydrogen-bond donors (Lipinski definition) is 3. The van der Waals surface area contributed by atoms with Gasteiger partial charge in [0.2, 0.25) is 0 Å². The smallest absolute Gasteiger partial charge is 0.372 e. The maximum absolute atomic E-state index is 13.3. The molecule has 2 aliphatic rings. The van der Waals surface area contributed by atoms with Crippen LogP contribution in [0.2, 0.25) is 0 Å². The molecule has 16 heteroatoms. The lowest BCUT2D eigenvalue weighted by atomic mass is 9.99. The zero-order chi connectivity index (χ0) is 24.4. The molecule has 1 aromatic heterocycles. The number of anilines is 1. The van der Waals surface area contributed by atoms with Gasteiger partial charge < -0.3 is 30.5 Å². The summed E-state index contributed by atoms with van der Waals surface area (Å²) in [5, 5.41) is 17.5. The minimum Gasteiger partial charge on any atom is -0.477 e. The fraction of sp³-hybridized carbons (Fsp3) is 0.471. The van der Waals surface area contributed by atoms with Gasteiger partial charge in [0, 0.05) is 18.7 Å². The topological polar surface area (TPSA) is 209 Å². The summed E-state index contributed by atoms with van der Waals surface area (Å²) in [5.41, 5.74) is 0.753. The molecule has 0 spiro atoms. The number of carboxylic acids is 1. The van der Waals surface area contributed by atoms with Gasteiger partial charge in [-0.05, 0) is 0 Å². The third-order valence-electron chi connectivity index (χ3n) is 4.68. The van der Waals surface area contributed by atoms with Crippen LogP contribution in [0.15, 0.2) is 10.5 Å². The van der Waals surface area contributed by atoms with Gasteiger partial charge in [-0.1, -0.05) is 5.16 Å². The van der Waals surface area contributed by atoms with Crippen molar-refractivity contribution in [2.24, 2.45) is 5.16 Å². The molecule has 0 aliphatic carbocycles. The summed E-state index contributed by atoms with van der Waals surface area (Å²) in [6.07, 6.45) is -0.669. The van der Waals surface area contributed by atoms with E-state index in [4.69, 9.17) is 20.0 Å². The number of ether oxygens (including phenoxy) is 2. The molecule has 1 unspecified atom stereocenters. The van der Waals surface area contributed by atoms with Crippen LogP contribution < -0.4 is 11.1 Å². The standard InChI is InChI=1S/C17H19N5O10S/c1-8(23)30-6-16(20-12(25)11(21-29-2)9-5-33-15(18)19-9)7-31-22(13(16)26)17(14(27)28)4-3-10(24)32-17/h5H,3-4,6-7H2,1-2H3,(H2,18,19)(H,20,25)(H,27,28)/b21-11-/t16-,17?/m0/s1. The zero-order valence-electron chi connectivity index (χ0n) is 17.4. The Kier molecular flexibility index (Phi) is 6.50. The maximum atomic E-state index is 13.3. The average Bonchev–Trinajstić information content (AvgIpc) is 3.43. The number of oxime groups is 1. The number of hydrogen-bond acceptors (Lipinski definition) is 13. The van der Waals surface area contributed by atoms with E-state index in [-0.39, 0.29) is 29.4 Å². The summed E-state index contributed by atoms with van der Waals surface area (Å²) in [6, 6.07) is 0. The predicted molar refractivity (Wildman–Crippen MR) is 106 cm³/mol. The van der Waals surface area contributed by atoms with Crippen molar-refractivity contribution in [3.05, 3.63) is 11.1 Å². The largest absolute Gasteiger partial charge is 0.477 e. The summed E-state index contributed by atoms with van der Waals surface area (Å²) in [7, 11) is 1.17. The van der Waals surface area contributed by atoms with Crippen molar-refractivity contribution in [1.82, 2.24) is 15.4 Å². The van der Waals surface area contributed by atoms with E-state index in [1.807, 2.05) is 0 Å². The first-order valence-corrected chi connectivity index (χ1v) is 10.1. The first-order valence-electron chi connectivity index (χ1n) is 9.26. The van der Waals surface area contributed by atoms with Crippen molar-refractivity contribution >= 4 is 51.9 Å². The van der Waals surface area contributed by atoms with Gasteiger partial charge in [0.25, 0.3) is 11.8 Å². The second-order valence-corrected chi connectivity index (χ2v) is 7.84. The average molecular weight is 485 g/mol. The Morgan fingerprint density at radius 3 is 2.67 bits per heavy atom. The van der Waals surface area contributed by atoms with Crippen molar-refractivity contribution in [1.29, 1.82) is 0 Å². The molecule has 0 aromatic carbocycles. The molecule has 15 nitrogen and oxygen atoms in total. The van der Waals surface area contributed by atoms with Crippen LogP contribution in [0, 0.1) is 0 Å². The van der Waals surface area contributed by atoms with Crippen LogP contribution in [0.5, 0.6) is 0 Å². The van der Waals surface area contributed by atoms with E-state index in [1.54, 1.807) is 0 Å². The minimum atomic E-state index is -2.44. The van der Waals surface area contributed by atoms with Crippen LogP contribution >= 0.6 is 11.3 Å². The number of nitrogen functional groups attached to an aromatic ring is 1. The van der Waals surface area contributed by atoms with Crippen molar-refractivity contribution in [3.63, 3.8) is 0 Å². The van der Waals surface area contributed by atoms with Crippen molar-refractivity contribution in [2.75, 3.05) is 26.1 Å². The van der Waals surface area contributed by atoms with E-state index in [9.17, 15) is 29.1 Å². The summed E-state index contributed by atoms with van der Waals surface area (Å²) in [6.45, 7) is -0.287. The lowest BCUT2D eigenvalue weighted by Crippen LogP contribution is -2.64. The normalized spacial score (nSPS) is 25.0. The molecular formula is C17H19N5O10S. The number of carboxylic acid groups (broad SMARTS) is 1. The molecular weight excluding hydrogens is 466 g/mol. The number of hydroxylamine groups is 2. The van der Waals surface area contributed by atoms with Gasteiger partial charge in [-0.2, -0.15) is 5.06 Å². The van der Waals surface area contributed by atoms with Gasteiger partial charge >= 0.3 is 23.6 Å². The third kappa shape index (κ3) is 4.42. The number of carbonyl (C=O) groups is 5. The highest BCUT2D eigenvalue weighted by Crippen LogP contribution is 2.36. The van der Waals surface area contributed by atoms with Crippen LogP contribution in [0.3, 0.4) is 0 Å². The molecule has 2 aliphatic heterocycles. The quantitative estimate of drug-likeness (QED) is 0.216. The molecule has 1 aromatic rings. The minimum absolute atomic E-state index is 0.0365. The van der Waals surface area contributed by atoms with Gasteiger partial charge in [-0.3, -0.25) is 24.0 Å². The van der Waals surface area contributed by atoms with Crippen LogP contribution in [0.1, 0.15) is 25.5 Å². The number of nitrogens with zero attached hydrogens (tertiary/aromatic N) is 3. The molecule has 3 heterocycles. The number of nitrogens with two attached hydrogens (primary N) is 1. The fourth-order valence-electron chi connectivity index (χ4n) is 3.12. The Labute approximate surface area is 189 Å². The Morgan fingerprint density at radius 2 is 2.15 bits per heavy atom. The van der Waals surface area contributed by atoms with Crippen LogP contribution in [0.25, 0.3) is 0 Å². The van der Waals surface area contributed by atoms with E-state index < -0.39 is 54.2 Å². The highest BCUT2D eigenvalue weighted by atomic mass is 32.1.